The minimum Gasteiger partial charge on any atom is -0.323 e. The van der Waals surface area contributed by atoms with Gasteiger partial charge in [0.25, 0.3) is 5.69 Å². The molecule has 1 amide bonds. The van der Waals surface area contributed by atoms with Crippen LogP contribution >= 0.6 is 11.8 Å². The Morgan fingerprint density at radius 3 is 2.48 bits per heavy atom. The van der Waals surface area contributed by atoms with Gasteiger partial charge in [0, 0.05) is 17.0 Å². The summed E-state index contributed by atoms with van der Waals surface area (Å²) in [5.74, 6) is -0.548. The lowest BCUT2D eigenvalue weighted by atomic mass is 10.2. The second kappa shape index (κ2) is 8.40. The lowest BCUT2D eigenvalue weighted by Crippen LogP contribution is -2.45. The number of para-hydroxylation sites is 1. The molecule has 10 heteroatoms. The molecule has 2 rings (SSSR count). The summed E-state index contributed by atoms with van der Waals surface area (Å²) in [4.78, 5) is 23.9. The number of nitrogens with zero attached hydrogens (tertiary/aromatic N) is 2. The van der Waals surface area contributed by atoms with Crippen LogP contribution in [-0.2, 0) is 14.8 Å². The van der Waals surface area contributed by atoms with Crippen molar-refractivity contribution in [3.05, 3.63) is 58.6 Å². The Labute approximate surface area is 161 Å². The molecule has 0 saturated heterocycles. The summed E-state index contributed by atoms with van der Waals surface area (Å²) in [5, 5.41) is 13.7. The number of carbonyl (C=O) groups is 1. The molecule has 0 fully saturated rings. The molecule has 2 aromatic carbocycles. The van der Waals surface area contributed by atoms with Gasteiger partial charge in [0.15, 0.2) is 0 Å². The average molecular weight is 409 g/mol. The molecule has 0 saturated carbocycles. The average Bonchev–Trinajstić information content (AvgIpc) is 2.61. The summed E-state index contributed by atoms with van der Waals surface area (Å²) in [6.07, 6.45) is 2.81. The summed E-state index contributed by atoms with van der Waals surface area (Å²) in [5.41, 5.74) is 0.350. The predicted molar refractivity (Wildman–Crippen MR) is 107 cm³/mol. The number of amides is 1. The fourth-order valence-electron chi connectivity index (χ4n) is 2.54. The van der Waals surface area contributed by atoms with Gasteiger partial charge in [0.05, 0.1) is 22.6 Å². The van der Waals surface area contributed by atoms with Crippen molar-refractivity contribution >= 4 is 44.8 Å². The van der Waals surface area contributed by atoms with Crippen LogP contribution in [0.5, 0.6) is 0 Å². The van der Waals surface area contributed by atoms with Gasteiger partial charge in [-0.1, -0.05) is 18.2 Å². The summed E-state index contributed by atoms with van der Waals surface area (Å²) in [6.45, 7) is 1.43. The van der Waals surface area contributed by atoms with Gasteiger partial charge in [0.2, 0.25) is 15.9 Å². The predicted octanol–water partition coefficient (Wildman–Crippen LogP) is 3.11. The lowest BCUT2D eigenvalue weighted by molar-refractivity contribution is -0.384. The highest BCUT2D eigenvalue weighted by atomic mass is 32.2. The van der Waals surface area contributed by atoms with Crippen LogP contribution in [0.3, 0.4) is 0 Å². The number of non-ortho nitro benzene ring substituents is 1. The quantitative estimate of drug-likeness (QED) is 0.427. The molecular weight excluding hydrogens is 390 g/mol. The van der Waals surface area contributed by atoms with Crippen molar-refractivity contribution in [3.63, 3.8) is 0 Å². The van der Waals surface area contributed by atoms with Gasteiger partial charge < -0.3 is 5.32 Å². The Bertz CT molecular complexity index is 963. The maximum Gasteiger partial charge on any atom is 0.271 e. The van der Waals surface area contributed by atoms with E-state index in [-0.39, 0.29) is 11.4 Å². The van der Waals surface area contributed by atoms with E-state index in [0.29, 0.717) is 5.69 Å². The number of nitro groups is 1. The van der Waals surface area contributed by atoms with E-state index in [9.17, 15) is 23.3 Å². The number of sulfonamides is 1. The first-order chi connectivity index (χ1) is 12.6. The van der Waals surface area contributed by atoms with Gasteiger partial charge in [-0.3, -0.25) is 19.2 Å². The molecule has 0 spiro atoms. The fourth-order valence-corrected chi connectivity index (χ4v) is 4.26. The van der Waals surface area contributed by atoms with E-state index in [1.165, 1.54) is 36.9 Å². The molecule has 2 aromatic rings. The van der Waals surface area contributed by atoms with Crippen molar-refractivity contribution in [3.8, 4) is 0 Å². The minimum absolute atomic E-state index is 0.0486. The van der Waals surface area contributed by atoms with Crippen molar-refractivity contribution < 1.29 is 18.1 Å². The largest absolute Gasteiger partial charge is 0.323 e. The monoisotopic (exact) mass is 409 g/mol. The van der Waals surface area contributed by atoms with Gasteiger partial charge in [-0.2, -0.15) is 0 Å². The van der Waals surface area contributed by atoms with Crippen LogP contribution in [0.25, 0.3) is 0 Å². The lowest BCUT2D eigenvalue weighted by Gasteiger charge is -2.28. The highest BCUT2D eigenvalue weighted by Gasteiger charge is 2.30. The van der Waals surface area contributed by atoms with Crippen molar-refractivity contribution in [2.45, 2.75) is 17.9 Å². The van der Waals surface area contributed by atoms with Crippen LogP contribution in [-0.4, -0.2) is 37.8 Å². The Balaban J connectivity index is 2.38. The Hall–Kier alpha value is -2.59. The zero-order valence-corrected chi connectivity index (χ0v) is 16.6. The zero-order chi connectivity index (χ0) is 20.2. The van der Waals surface area contributed by atoms with Gasteiger partial charge in [-0.05, 0) is 31.4 Å². The van der Waals surface area contributed by atoms with Crippen molar-refractivity contribution in [1.82, 2.24) is 0 Å². The normalized spacial score (nSPS) is 12.3. The number of carbonyl (C=O) groups excluding carboxylic acids is 1. The number of nitro benzene ring substituents is 1. The third kappa shape index (κ3) is 4.98. The minimum atomic E-state index is -3.87. The van der Waals surface area contributed by atoms with E-state index in [1.54, 1.807) is 12.1 Å². The number of thioether (sulfide) groups is 1. The van der Waals surface area contributed by atoms with E-state index < -0.39 is 26.9 Å². The molecule has 0 aliphatic carbocycles. The molecule has 0 heterocycles. The number of anilines is 2. The van der Waals surface area contributed by atoms with E-state index in [0.717, 1.165) is 21.5 Å². The summed E-state index contributed by atoms with van der Waals surface area (Å²) < 4.78 is 25.5. The summed E-state index contributed by atoms with van der Waals surface area (Å²) in [7, 11) is -3.87. The highest BCUT2D eigenvalue weighted by molar-refractivity contribution is 7.98. The molecule has 144 valence electrons. The molecule has 0 unspecified atom stereocenters. The first kappa shape index (κ1) is 20.7. The van der Waals surface area contributed by atoms with Gasteiger partial charge in [0.1, 0.15) is 6.04 Å². The third-order valence-electron chi connectivity index (χ3n) is 3.75. The molecule has 0 bridgehead atoms. The molecule has 1 N–H and O–H groups in total. The number of nitrogens with one attached hydrogen (secondary N) is 1. The molecule has 0 aromatic heterocycles. The van der Waals surface area contributed by atoms with Crippen LogP contribution in [0.2, 0.25) is 0 Å². The first-order valence-corrected chi connectivity index (χ1v) is 10.9. The number of hydrogen-bond acceptors (Lipinski definition) is 6. The van der Waals surface area contributed by atoms with Crippen LogP contribution in [0.15, 0.2) is 53.4 Å². The van der Waals surface area contributed by atoms with E-state index >= 15 is 0 Å². The Kier molecular flexibility index (Phi) is 6.45. The molecule has 27 heavy (non-hydrogen) atoms. The SMILES string of the molecule is CSc1ccccc1NC(=O)[C@@H](C)N(c1cccc([N+](=O)[O-])c1)S(C)(=O)=O. The van der Waals surface area contributed by atoms with Gasteiger partial charge in [-0.15, -0.1) is 11.8 Å². The van der Waals surface area contributed by atoms with Crippen LogP contribution in [0, 0.1) is 10.1 Å². The molecule has 0 aliphatic heterocycles. The Morgan fingerprint density at radius 1 is 1.22 bits per heavy atom. The van der Waals surface area contributed by atoms with E-state index in [4.69, 9.17) is 0 Å². The topological polar surface area (TPSA) is 110 Å². The summed E-state index contributed by atoms with van der Waals surface area (Å²) in [6, 6.07) is 11.2. The van der Waals surface area contributed by atoms with Crippen molar-refractivity contribution in [2.24, 2.45) is 0 Å². The fraction of sp³-hybridized carbons (Fsp3) is 0.235. The number of benzene rings is 2. The number of rotatable bonds is 7. The van der Waals surface area contributed by atoms with Crippen molar-refractivity contribution in [2.75, 3.05) is 22.1 Å². The van der Waals surface area contributed by atoms with Gasteiger partial charge >= 0.3 is 0 Å². The molecule has 8 nitrogen and oxygen atoms in total. The third-order valence-corrected chi connectivity index (χ3v) is 5.79. The molecular formula is C17H19N3O5S2. The Morgan fingerprint density at radius 2 is 1.89 bits per heavy atom. The van der Waals surface area contributed by atoms with Crippen LogP contribution in [0.4, 0.5) is 17.1 Å². The maximum absolute atomic E-state index is 12.7. The second-order valence-corrected chi connectivity index (χ2v) is 8.41. The summed E-state index contributed by atoms with van der Waals surface area (Å²) >= 11 is 1.44. The molecule has 1 atom stereocenters. The smallest absolute Gasteiger partial charge is 0.271 e. The highest BCUT2D eigenvalue weighted by Crippen LogP contribution is 2.28. The standard InChI is InChI=1S/C17H19N3O5S2/c1-12(17(21)18-15-9-4-5-10-16(15)26-2)19(27(3,24)25)13-7-6-8-14(11-13)20(22)23/h4-12H,1-3H3,(H,18,21)/t12-/m1/s1. The van der Waals surface area contributed by atoms with Crippen LogP contribution in [0.1, 0.15) is 6.92 Å². The van der Waals surface area contributed by atoms with E-state index in [1.807, 2.05) is 18.4 Å². The van der Waals surface area contributed by atoms with Gasteiger partial charge in [-0.25, -0.2) is 8.42 Å². The van der Waals surface area contributed by atoms with Crippen molar-refractivity contribution in [1.29, 1.82) is 0 Å². The molecule has 0 radical (unpaired) electrons. The second-order valence-electron chi connectivity index (χ2n) is 5.70. The molecule has 0 aliphatic rings. The van der Waals surface area contributed by atoms with Crippen LogP contribution < -0.4 is 9.62 Å². The van der Waals surface area contributed by atoms with E-state index in [2.05, 4.69) is 5.32 Å². The maximum atomic E-state index is 12.7. The first-order valence-electron chi connectivity index (χ1n) is 7.83. The number of hydrogen-bond donors (Lipinski definition) is 1. The zero-order valence-electron chi connectivity index (χ0n) is 14.9.